The predicted molar refractivity (Wildman–Crippen MR) is 87.0 cm³/mol. The number of ether oxygens (including phenoxy) is 1. The van der Waals surface area contributed by atoms with Gasteiger partial charge in [0.1, 0.15) is 22.8 Å². The molecule has 0 spiro atoms. The molecule has 0 bridgehead atoms. The lowest BCUT2D eigenvalue weighted by Crippen LogP contribution is -1.83. The molecular weight excluding hydrogens is 272 g/mol. The third kappa shape index (κ3) is 2.47. The van der Waals surface area contributed by atoms with Gasteiger partial charge < -0.3 is 9.15 Å². The van der Waals surface area contributed by atoms with Crippen molar-refractivity contribution in [2.75, 3.05) is 0 Å². The van der Waals surface area contributed by atoms with E-state index in [0.717, 1.165) is 33.8 Å². The highest BCUT2D eigenvalue weighted by Crippen LogP contribution is 2.29. The number of hydrogen-bond donors (Lipinski definition) is 0. The summed E-state index contributed by atoms with van der Waals surface area (Å²) in [6, 6.07) is 28.7. The van der Waals surface area contributed by atoms with Crippen LogP contribution in [0, 0.1) is 6.07 Å². The lowest BCUT2D eigenvalue weighted by Gasteiger charge is -2.05. The summed E-state index contributed by atoms with van der Waals surface area (Å²) >= 11 is 0. The molecule has 4 rings (SSSR count). The van der Waals surface area contributed by atoms with Gasteiger partial charge in [-0.15, -0.1) is 0 Å². The van der Waals surface area contributed by atoms with Crippen molar-refractivity contribution < 1.29 is 9.15 Å². The Kier molecular flexibility index (Phi) is 3.13. The SMILES string of the molecule is [c]1c(-c2ccc(Oc3ccccc3)cc2)oc2ccccc12. The van der Waals surface area contributed by atoms with Crippen LogP contribution in [0.2, 0.25) is 0 Å². The van der Waals surface area contributed by atoms with E-state index < -0.39 is 0 Å². The Morgan fingerprint density at radius 2 is 1.36 bits per heavy atom. The Morgan fingerprint density at radius 1 is 0.682 bits per heavy atom. The molecular formula is C20H13O2. The predicted octanol–water partition coefficient (Wildman–Crippen LogP) is 5.69. The zero-order valence-electron chi connectivity index (χ0n) is 11.8. The third-order valence-electron chi connectivity index (χ3n) is 3.44. The van der Waals surface area contributed by atoms with Crippen molar-refractivity contribution in [1.29, 1.82) is 0 Å². The maximum atomic E-state index is 5.82. The number of hydrogen-bond acceptors (Lipinski definition) is 2. The molecule has 1 heterocycles. The summed E-state index contributed by atoms with van der Waals surface area (Å²) in [6.07, 6.45) is 0. The molecule has 22 heavy (non-hydrogen) atoms. The van der Waals surface area contributed by atoms with Gasteiger partial charge in [0.05, 0.1) is 0 Å². The van der Waals surface area contributed by atoms with Crippen molar-refractivity contribution in [3.8, 4) is 22.8 Å². The Morgan fingerprint density at radius 3 is 2.14 bits per heavy atom. The van der Waals surface area contributed by atoms with Crippen LogP contribution < -0.4 is 4.74 Å². The van der Waals surface area contributed by atoms with E-state index in [9.17, 15) is 0 Å². The Labute approximate surface area is 128 Å². The minimum Gasteiger partial charge on any atom is -0.457 e. The van der Waals surface area contributed by atoms with Gasteiger partial charge in [-0.1, -0.05) is 36.4 Å². The molecule has 0 fully saturated rings. The van der Waals surface area contributed by atoms with Gasteiger partial charge in [0.2, 0.25) is 0 Å². The highest BCUT2D eigenvalue weighted by atomic mass is 16.5. The third-order valence-corrected chi connectivity index (χ3v) is 3.44. The van der Waals surface area contributed by atoms with Crippen molar-refractivity contribution in [3.63, 3.8) is 0 Å². The Balaban J connectivity index is 1.61. The smallest absolute Gasteiger partial charge is 0.143 e. The minimum absolute atomic E-state index is 0.743. The van der Waals surface area contributed by atoms with Crippen molar-refractivity contribution >= 4 is 11.0 Å². The van der Waals surface area contributed by atoms with Gasteiger partial charge in [0.15, 0.2) is 0 Å². The van der Waals surface area contributed by atoms with Crippen LogP contribution in [0.4, 0.5) is 0 Å². The molecule has 0 N–H and O–H groups in total. The van der Waals surface area contributed by atoms with E-state index in [1.807, 2.05) is 78.9 Å². The zero-order valence-corrected chi connectivity index (χ0v) is 11.8. The van der Waals surface area contributed by atoms with Gasteiger partial charge in [-0.3, -0.25) is 0 Å². The Hall–Kier alpha value is -3.00. The molecule has 2 nitrogen and oxygen atoms in total. The molecule has 0 saturated heterocycles. The first-order valence-corrected chi connectivity index (χ1v) is 7.13. The Bertz CT molecular complexity index is 857. The van der Waals surface area contributed by atoms with Gasteiger partial charge in [0.25, 0.3) is 0 Å². The first-order chi connectivity index (χ1) is 10.9. The summed E-state index contributed by atoms with van der Waals surface area (Å²) < 4.78 is 11.6. The summed E-state index contributed by atoms with van der Waals surface area (Å²) in [7, 11) is 0. The maximum absolute atomic E-state index is 5.82. The first-order valence-electron chi connectivity index (χ1n) is 7.13. The number of rotatable bonds is 3. The lowest BCUT2D eigenvalue weighted by atomic mass is 10.1. The van der Waals surface area contributed by atoms with Gasteiger partial charge >= 0.3 is 0 Å². The summed E-state index contributed by atoms with van der Waals surface area (Å²) in [5.74, 6) is 2.36. The molecule has 0 aliphatic carbocycles. The largest absolute Gasteiger partial charge is 0.457 e. The van der Waals surface area contributed by atoms with Crippen molar-refractivity contribution in [2.45, 2.75) is 0 Å². The average Bonchev–Trinajstić information content (AvgIpc) is 3.00. The van der Waals surface area contributed by atoms with Crippen LogP contribution in [-0.2, 0) is 0 Å². The van der Waals surface area contributed by atoms with Gasteiger partial charge in [0, 0.05) is 17.0 Å². The molecule has 1 aromatic heterocycles. The first kappa shape index (κ1) is 12.7. The number of benzene rings is 3. The van der Waals surface area contributed by atoms with Crippen molar-refractivity contribution in [2.24, 2.45) is 0 Å². The summed E-state index contributed by atoms with van der Waals surface area (Å²) in [4.78, 5) is 0. The number of fused-ring (bicyclic) bond motifs is 1. The van der Waals surface area contributed by atoms with Crippen LogP contribution in [0.1, 0.15) is 0 Å². The van der Waals surface area contributed by atoms with Crippen molar-refractivity contribution in [3.05, 3.63) is 84.9 Å². The second kappa shape index (κ2) is 5.41. The summed E-state index contributed by atoms with van der Waals surface area (Å²) in [6.45, 7) is 0. The fraction of sp³-hybridized carbons (Fsp3) is 0. The van der Waals surface area contributed by atoms with E-state index in [1.54, 1.807) is 0 Å². The van der Waals surface area contributed by atoms with E-state index in [1.165, 1.54) is 0 Å². The summed E-state index contributed by atoms with van der Waals surface area (Å²) in [5.41, 5.74) is 1.83. The van der Waals surface area contributed by atoms with E-state index in [0.29, 0.717) is 0 Å². The molecule has 0 amide bonds. The van der Waals surface area contributed by atoms with Crippen LogP contribution >= 0.6 is 0 Å². The quantitative estimate of drug-likeness (QED) is 0.482. The van der Waals surface area contributed by atoms with Gasteiger partial charge in [-0.05, 0) is 42.5 Å². The molecule has 1 radical (unpaired) electrons. The van der Waals surface area contributed by atoms with Gasteiger partial charge in [-0.2, -0.15) is 0 Å². The highest BCUT2D eigenvalue weighted by molar-refractivity contribution is 5.81. The summed E-state index contributed by atoms with van der Waals surface area (Å²) in [5, 5.41) is 0.988. The van der Waals surface area contributed by atoms with E-state index in [2.05, 4.69) is 6.07 Å². The van der Waals surface area contributed by atoms with E-state index in [-0.39, 0.29) is 0 Å². The molecule has 0 saturated carbocycles. The van der Waals surface area contributed by atoms with Crippen LogP contribution in [-0.4, -0.2) is 0 Å². The standard InChI is InChI=1S/C20H13O2/c1-2-7-17(8-3-1)21-18-12-10-15(11-13-18)20-14-16-6-4-5-9-19(16)22-20/h1-13H. The molecule has 0 aliphatic rings. The van der Waals surface area contributed by atoms with Gasteiger partial charge in [-0.25, -0.2) is 0 Å². The molecule has 3 aromatic carbocycles. The van der Waals surface area contributed by atoms with E-state index >= 15 is 0 Å². The maximum Gasteiger partial charge on any atom is 0.143 e. The van der Waals surface area contributed by atoms with Crippen LogP contribution in [0.3, 0.4) is 0 Å². The number of furan rings is 1. The van der Waals surface area contributed by atoms with E-state index in [4.69, 9.17) is 9.15 Å². The molecule has 105 valence electrons. The monoisotopic (exact) mass is 285 g/mol. The molecule has 0 aliphatic heterocycles. The van der Waals surface area contributed by atoms with Crippen LogP contribution in [0.5, 0.6) is 11.5 Å². The molecule has 0 atom stereocenters. The van der Waals surface area contributed by atoms with Crippen molar-refractivity contribution in [1.82, 2.24) is 0 Å². The fourth-order valence-electron chi connectivity index (χ4n) is 2.35. The topological polar surface area (TPSA) is 22.4 Å². The fourth-order valence-corrected chi connectivity index (χ4v) is 2.35. The minimum atomic E-state index is 0.743. The van der Waals surface area contributed by atoms with Crippen LogP contribution in [0.15, 0.2) is 83.3 Å². The normalized spacial score (nSPS) is 10.7. The zero-order chi connectivity index (χ0) is 14.8. The molecule has 2 heteroatoms. The highest BCUT2D eigenvalue weighted by Gasteiger charge is 2.06. The average molecular weight is 285 g/mol. The number of para-hydroxylation sites is 2. The lowest BCUT2D eigenvalue weighted by molar-refractivity contribution is 0.482. The molecule has 4 aromatic rings. The second-order valence-corrected chi connectivity index (χ2v) is 4.99. The molecule has 0 unspecified atom stereocenters. The van der Waals surface area contributed by atoms with Crippen LogP contribution in [0.25, 0.3) is 22.3 Å². The second-order valence-electron chi connectivity index (χ2n) is 4.99.